The van der Waals surface area contributed by atoms with Gasteiger partial charge < -0.3 is 15.4 Å². The average molecular weight is 375 g/mol. The highest BCUT2D eigenvalue weighted by molar-refractivity contribution is 6.41. The number of para-hydroxylation sites is 1. The molecule has 5 heteroatoms. The van der Waals surface area contributed by atoms with Gasteiger partial charge in [-0.05, 0) is 31.4 Å². The molecule has 0 amide bonds. The van der Waals surface area contributed by atoms with Crippen LogP contribution in [-0.2, 0) is 0 Å². The van der Waals surface area contributed by atoms with Crippen LogP contribution in [0.1, 0.15) is 32.3 Å². The normalized spacial score (nSPS) is 21.8. The van der Waals surface area contributed by atoms with Gasteiger partial charge in [-0.2, -0.15) is 0 Å². The molecule has 0 fully saturated rings. The largest absolute Gasteiger partial charge is 0.390 e. The van der Waals surface area contributed by atoms with Gasteiger partial charge in [0.15, 0.2) is 0 Å². The zero-order chi connectivity index (χ0) is 17.9. The molecule has 3 nitrogen and oxygen atoms in total. The molecule has 25 heavy (non-hydrogen) atoms. The van der Waals surface area contributed by atoms with Gasteiger partial charge in [0, 0.05) is 34.5 Å². The molecule has 1 aromatic heterocycles. The summed E-state index contributed by atoms with van der Waals surface area (Å²) in [6.07, 6.45) is 1.36. The van der Waals surface area contributed by atoms with Crippen LogP contribution in [0.15, 0.2) is 36.5 Å². The summed E-state index contributed by atoms with van der Waals surface area (Å²) in [4.78, 5) is 3.27. The lowest BCUT2D eigenvalue weighted by Gasteiger charge is -2.43. The van der Waals surface area contributed by atoms with E-state index in [-0.39, 0.29) is 5.92 Å². The number of hydrogen-bond acceptors (Lipinski definition) is 2. The number of fused-ring (bicyclic) bond motifs is 2. The topological polar surface area (TPSA) is 48.0 Å². The van der Waals surface area contributed by atoms with Crippen LogP contribution in [0.2, 0.25) is 10.0 Å². The molecular weight excluding hydrogens is 355 g/mol. The molecule has 3 aromatic rings. The van der Waals surface area contributed by atoms with Crippen molar-refractivity contribution < 1.29 is 5.11 Å². The summed E-state index contributed by atoms with van der Waals surface area (Å²) < 4.78 is 0. The van der Waals surface area contributed by atoms with Gasteiger partial charge in [-0.25, -0.2) is 0 Å². The van der Waals surface area contributed by atoms with Crippen molar-refractivity contribution in [2.75, 3.05) is 5.32 Å². The van der Waals surface area contributed by atoms with Crippen LogP contribution in [0, 0.1) is 0 Å². The minimum absolute atomic E-state index is 0.0994. The van der Waals surface area contributed by atoms with E-state index >= 15 is 0 Å². The number of halogens is 2. The fourth-order valence-electron chi connectivity index (χ4n) is 3.93. The zero-order valence-electron chi connectivity index (χ0n) is 14.3. The lowest BCUT2D eigenvalue weighted by atomic mass is 9.78. The maximum atomic E-state index is 10.7. The Labute approximate surface area is 157 Å². The molecular formula is C20H20Cl2N2O. The summed E-state index contributed by atoms with van der Waals surface area (Å²) in [5.41, 5.74) is 4.13. The summed E-state index contributed by atoms with van der Waals surface area (Å²) in [7, 11) is 0. The summed E-state index contributed by atoms with van der Waals surface area (Å²) in [5.74, 6) is -0.0994. The Morgan fingerprint density at radius 3 is 2.68 bits per heavy atom. The van der Waals surface area contributed by atoms with Crippen molar-refractivity contribution in [1.82, 2.24) is 4.98 Å². The highest BCUT2D eigenvalue weighted by Gasteiger charge is 2.40. The summed E-state index contributed by atoms with van der Waals surface area (Å²) in [6, 6.07) is 10.0. The fourth-order valence-corrected chi connectivity index (χ4v) is 4.76. The van der Waals surface area contributed by atoms with Crippen molar-refractivity contribution in [2.45, 2.75) is 38.3 Å². The van der Waals surface area contributed by atoms with Gasteiger partial charge in [-0.15, -0.1) is 0 Å². The Morgan fingerprint density at radius 1 is 1.16 bits per heavy atom. The van der Waals surface area contributed by atoms with Crippen LogP contribution < -0.4 is 5.32 Å². The molecule has 0 unspecified atom stereocenters. The number of aromatic nitrogens is 1. The molecule has 4 rings (SSSR count). The van der Waals surface area contributed by atoms with Gasteiger partial charge in [-0.1, -0.05) is 48.3 Å². The molecule has 0 saturated carbocycles. The van der Waals surface area contributed by atoms with Crippen molar-refractivity contribution >= 4 is 39.8 Å². The SMILES string of the molecule is C[C@H]1c2c(cc(Cl)c(-c3cccc4cc[nH]c34)c2Cl)NC(C)(C)[C@@H]1O. The predicted octanol–water partition coefficient (Wildman–Crippen LogP) is 5.81. The highest BCUT2D eigenvalue weighted by atomic mass is 35.5. The van der Waals surface area contributed by atoms with Crippen LogP contribution in [0.3, 0.4) is 0 Å². The standard InChI is InChI=1S/C20H20Cl2N2O/c1-10-15-14(24-20(2,3)19(10)25)9-13(21)16(17(15)22)12-6-4-5-11-7-8-23-18(11)12/h4-10,19,23-25H,1-3H3/t10-,19+/m0/s1. The number of H-pyrrole nitrogens is 1. The third-order valence-corrected chi connectivity index (χ3v) is 5.93. The first-order valence-corrected chi connectivity index (χ1v) is 9.11. The number of nitrogens with one attached hydrogen (secondary N) is 2. The minimum Gasteiger partial charge on any atom is -0.390 e. The summed E-state index contributed by atoms with van der Waals surface area (Å²) in [5, 5.41) is 16.4. The number of aromatic amines is 1. The summed E-state index contributed by atoms with van der Waals surface area (Å²) in [6.45, 7) is 5.96. The van der Waals surface area contributed by atoms with E-state index in [1.807, 2.05) is 57.3 Å². The second kappa shape index (κ2) is 5.66. The second-order valence-electron chi connectivity index (χ2n) is 7.34. The Kier molecular flexibility index (Phi) is 3.80. The van der Waals surface area contributed by atoms with Gasteiger partial charge in [0.2, 0.25) is 0 Å². The Hall–Kier alpha value is -1.68. The molecule has 0 spiro atoms. The van der Waals surface area contributed by atoms with Crippen LogP contribution >= 0.6 is 23.2 Å². The number of rotatable bonds is 1. The van der Waals surface area contributed by atoms with E-state index in [9.17, 15) is 5.11 Å². The van der Waals surface area contributed by atoms with Crippen LogP contribution in [0.4, 0.5) is 5.69 Å². The van der Waals surface area contributed by atoms with Gasteiger partial charge in [-0.3, -0.25) is 0 Å². The second-order valence-corrected chi connectivity index (χ2v) is 8.12. The zero-order valence-corrected chi connectivity index (χ0v) is 15.8. The van der Waals surface area contributed by atoms with E-state index in [1.54, 1.807) is 0 Å². The molecule has 130 valence electrons. The Balaban J connectivity index is 2.00. The molecule has 0 bridgehead atoms. The van der Waals surface area contributed by atoms with Crippen molar-refractivity contribution in [1.29, 1.82) is 0 Å². The lowest BCUT2D eigenvalue weighted by molar-refractivity contribution is 0.0870. The molecule has 0 aliphatic carbocycles. The Bertz CT molecular complexity index is 977. The van der Waals surface area contributed by atoms with E-state index in [0.717, 1.165) is 33.3 Å². The molecule has 2 atom stereocenters. The van der Waals surface area contributed by atoms with Gasteiger partial charge in [0.25, 0.3) is 0 Å². The third-order valence-electron chi connectivity index (χ3n) is 5.24. The lowest BCUT2D eigenvalue weighted by Crippen LogP contribution is -2.49. The molecule has 1 aliphatic rings. The molecule has 2 heterocycles. The number of anilines is 1. The van der Waals surface area contributed by atoms with E-state index in [1.165, 1.54) is 0 Å². The van der Waals surface area contributed by atoms with E-state index in [4.69, 9.17) is 23.2 Å². The van der Waals surface area contributed by atoms with Crippen LogP contribution in [0.5, 0.6) is 0 Å². The van der Waals surface area contributed by atoms with E-state index in [2.05, 4.69) is 10.3 Å². The quantitative estimate of drug-likeness (QED) is 0.503. The minimum atomic E-state index is -0.548. The van der Waals surface area contributed by atoms with Crippen LogP contribution in [0.25, 0.3) is 22.0 Å². The molecule has 2 aromatic carbocycles. The van der Waals surface area contributed by atoms with Crippen LogP contribution in [-0.4, -0.2) is 21.7 Å². The maximum Gasteiger partial charge on any atom is 0.0831 e. The average Bonchev–Trinajstić information content (AvgIpc) is 3.01. The molecule has 1 aliphatic heterocycles. The van der Waals surface area contributed by atoms with Crippen molar-refractivity contribution in [2.24, 2.45) is 0 Å². The van der Waals surface area contributed by atoms with E-state index in [0.29, 0.717) is 10.0 Å². The first-order valence-electron chi connectivity index (χ1n) is 8.36. The number of hydrogen-bond donors (Lipinski definition) is 3. The van der Waals surface area contributed by atoms with Gasteiger partial charge in [0.05, 0.1) is 27.2 Å². The first-order chi connectivity index (χ1) is 11.8. The van der Waals surface area contributed by atoms with E-state index < -0.39 is 11.6 Å². The third kappa shape index (κ3) is 2.45. The van der Waals surface area contributed by atoms with Gasteiger partial charge >= 0.3 is 0 Å². The van der Waals surface area contributed by atoms with Gasteiger partial charge in [0.1, 0.15) is 0 Å². The number of aliphatic hydroxyl groups is 1. The monoisotopic (exact) mass is 374 g/mol. The Morgan fingerprint density at radius 2 is 1.92 bits per heavy atom. The van der Waals surface area contributed by atoms with Crippen molar-refractivity contribution in [3.8, 4) is 11.1 Å². The molecule has 3 N–H and O–H groups in total. The number of aliphatic hydroxyl groups excluding tert-OH is 1. The number of benzene rings is 2. The smallest absolute Gasteiger partial charge is 0.0831 e. The first kappa shape index (κ1) is 16.8. The maximum absolute atomic E-state index is 10.7. The molecule has 0 radical (unpaired) electrons. The molecule has 0 saturated heterocycles. The predicted molar refractivity (Wildman–Crippen MR) is 106 cm³/mol. The highest BCUT2D eigenvalue weighted by Crippen LogP contribution is 2.49. The summed E-state index contributed by atoms with van der Waals surface area (Å²) >= 11 is 13.5. The van der Waals surface area contributed by atoms with Crippen molar-refractivity contribution in [3.63, 3.8) is 0 Å². The fraction of sp³-hybridized carbons (Fsp3) is 0.300. The van der Waals surface area contributed by atoms with Crippen molar-refractivity contribution in [3.05, 3.63) is 52.1 Å².